The van der Waals surface area contributed by atoms with Gasteiger partial charge in [0.15, 0.2) is 0 Å². The molecule has 1 unspecified atom stereocenters. The first-order chi connectivity index (χ1) is 7.67. The monoisotopic (exact) mass is 241 g/mol. The summed E-state index contributed by atoms with van der Waals surface area (Å²) in [6, 6.07) is 6.47. The highest BCUT2D eigenvalue weighted by Gasteiger charge is 2.03. The van der Waals surface area contributed by atoms with E-state index in [4.69, 9.17) is 16.3 Å². The fourth-order valence-electron chi connectivity index (χ4n) is 1.36. The van der Waals surface area contributed by atoms with Crippen molar-refractivity contribution >= 4 is 11.6 Å². The average molecular weight is 242 g/mol. The van der Waals surface area contributed by atoms with E-state index in [1.807, 2.05) is 25.1 Å². The van der Waals surface area contributed by atoms with Crippen LogP contribution in [0.4, 0.5) is 0 Å². The van der Waals surface area contributed by atoms with Crippen molar-refractivity contribution in [2.75, 3.05) is 6.61 Å². The quantitative estimate of drug-likeness (QED) is 0.821. The summed E-state index contributed by atoms with van der Waals surface area (Å²) in [4.78, 5) is 0. The Balaban J connectivity index is 2.59. The molecule has 0 aliphatic carbocycles. The Labute approximate surface area is 103 Å². The van der Waals surface area contributed by atoms with Crippen molar-refractivity contribution in [2.24, 2.45) is 0 Å². The van der Waals surface area contributed by atoms with Crippen molar-refractivity contribution in [1.82, 2.24) is 5.32 Å². The van der Waals surface area contributed by atoms with E-state index in [0.29, 0.717) is 17.7 Å². The zero-order chi connectivity index (χ0) is 12.0. The second kappa shape index (κ2) is 6.77. The topological polar surface area (TPSA) is 21.3 Å². The number of rotatable bonds is 6. The second-order valence-corrected chi connectivity index (χ2v) is 4.30. The molecule has 1 rings (SSSR count). The molecule has 2 nitrogen and oxygen atoms in total. The van der Waals surface area contributed by atoms with E-state index in [1.165, 1.54) is 5.56 Å². The Bertz CT molecular complexity index is 328. The maximum absolute atomic E-state index is 6.10. The molecule has 0 radical (unpaired) electrons. The molecule has 0 saturated heterocycles. The predicted octanol–water partition coefficient (Wildman–Crippen LogP) is 3.63. The molecule has 0 saturated carbocycles. The fraction of sp³-hybridized carbons (Fsp3) is 0.538. The first-order valence-electron chi connectivity index (χ1n) is 5.82. The zero-order valence-corrected chi connectivity index (χ0v) is 11.0. The Hall–Kier alpha value is -0.730. The smallest absolute Gasteiger partial charge is 0.137 e. The van der Waals surface area contributed by atoms with E-state index in [-0.39, 0.29) is 0 Å². The number of hydrogen-bond donors (Lipinski definition) is 1. The Morgan fingerprint density at radius 3 is 2.69 bits per heavy atom. The van der Waals surface area contributed by atoms with Gasteiger partial charge in [0.2, 0.25) is 0 Å². The molecular weight excluding hydrogens is 222 g/mol. The van der Waals surface area contributed by atoms with Gasteiger partial charge < -0.3 is 10.1 Å². The van der Waals surface area contributed by atoms with Gasteiger partial charge in [-0.3, -0.25) is 0 Å². The van der Waals surface area contributed by atoms with Crippen LogP contribution in [-0.2, 0) is 6.54 Å². The lowest BCUT2D eigenvalue weighted by Crippen LogP contribution is -2.24. The van der Waals surface area contributed by atoms with Crippen LogP contribution in [0.25, 0.3) is 0 Å². The standard InChI is InChI=1S/C13H20ClNO/c1-4-10(3)15-9-11-6-7-13(16-5-2)12(14)8-11/h6-8,10,15H,4-5,9H2,1-3H3. The van der Waals surface area contributed by atoms with Crippen LogP contribution >= 0.6 is 11.6 Å². The van der Waals surface area contributed by atoms with Gasteiger partial charge in [0, 0.05) is 12.6 Å². The molecule has 0 amide bonds. The highest BCUT2D eigenvalue weighted by molar-refractivity contribution is 6.32. The molecule has 0 heterocycles. The molecule has 3 heteroatoms. The highest BCUT2D eigenvalue weighted by atomic mass is 35.5. The van der Waals surface area contributed by atoms with Gasteiger partial charge in [0.1, 0.15) is 5.75 Å². The number of halogens is 1. The van der Waals surface area contributed by atoms with Gasteiger partial charge in [0.25, 0.3) is 0 Å². The largest absolute Gasteiger partial charge is 0.492 e. The van der Waals surface area contributed by atoms with E-state index in [1.54, 1.807) is 0 Å². The lowest BCUT2D eigenvalue weighted by Gasteiger charge is -2.12. The molecule has 0 fully saturated rings. The van der Waals surface area contributed by atoms with E-state index in [0.717, 1.165) is 18.7 Å². The molecule has 0 spiro atoms. The summed E-state index contributed by atoms with van der Waals surface area (Å²) < 4.78 is 5.39. The van der Waals surface area contributed by atoms with Crippen LogP contribution in [0.5, 0.6) is 5.75 Å². The van der Waals surface area contributed by atoms with Gasteiger partial charge in [-0.15, -0.1) is 0 Å². The molecule has 1 aromatic rings. The van der Waals surface area contributed by atoms with Crippen LogP contribution in [0.15, 0.2) is 18.2 Å². The molecule has 1 N–H and O–H groups in total. The summed E-state index contributed by atoms with van der Waals surface area (Å²) in [5.74, 6) is 0.761. The number of nitrogens with one attached hydrogen (secondary N) is 1. The minimum absolute atomic E-state index is 0.533. The van der Waals surface area contributed by atoms with E-state index in [9.17, 15) is 0 Å². The van der Waals surface area contributed by atoms with Crippen molar-refractivity contribution in [3.05, 3.63) is 28.8 Å². The lowest BCUT2D eigenvalue weighted by molar-refractivity contribution is 0.340. The summed E-state index contributed by atoms with van der Waals surface area (Å²) in [7, 11) is 0. The highest BCUT2D eigenvalue weighted by Crippen LogP contribution is 2.25. The maximum atomic E-state index is 6.10. The minimum atomic E-state index is 0.533. The summed E-state index contributed by atoms with van der Waals surface area (Å²) >= 11 is 6.10. The van der Waals surface area contributed by atoms with Crippen LogP contribution in [0.3, 0.4) is 0 Å². The summed E-state index contributed by atoms with van der Waals surface area (Å²) in [5, 5.41) is 4.11. The Morgan fingerprint density at radius 1 is 1.38 bits per heavy atom. The van der Waals surface area contributed by atoms with Crippen molar-refractivity contribution in [1.29, 1.82) is 0 Å². The lowest BCUT2D eigenvalue weighted by atomic mass is 10.2. The molecule has 0 bridgehead atoms. The third kappa shape index (κ3) is 4.03. The molecule has 90 valence electrons. The van der Waals surface area contributed by atoms with Gasteiger partial charge in [-0.2, -0.15) is 0 Å². The summed E-state index contributed by atoms with van der Waals surface area (Å²) in [6.45, 7) is 7.79. The molecule has 0 aliphatic heterocycles. The molecule has 1 aromatic carbocycles. The van der Waals surface area contributed by atoms with E-state index in [2.05, 4.69) is 19.2 Å². The normalized spacial score (nSPS) is 12.5. The second-order valence-electron chi connectivity index (χ2n) is 3.89. The van der Waals surface area contributed by atoms with Crippen molar-refractivity contribution in [3.8, 4) is 5.75 Å². The number of hydrogen-bond acceptors (Lipinski definition) is 2. The first-order valence-corrected chi connectivity index (χ1v) is 6.19. The maximum Gasteiger partial charge on any atom is 0.137 e. The molecule has 0 aromatic heterocycles. The van der Waals surface area contributed by atoms with Crippen molar-refractivity contribution in [3.63, 3.8) is 0 Å². The third-order valence-corrected chi connectivity index (χ3v) is 2.86. The summed E-state index contributed by atoms with van der Waals surface area (Å²) in [5.41, 5.74) is 1.19. The van der Waals surface area contributed by atoms with E-state index < -0.39 is 0 Å². The summed E-state index contributed by atoms with van der Waals surface area (Å²) in [6.07, 6.45) is 1.13. The fourth-order valence-corrected chi connectivity index (χ4v) is 1.62. The molecule has 1 atom stereocenters. The minimum Gasteiger partial charge on any atom is -0.492 e. The van der Waals surface area contributed by atoms with Gasteiger partial charge in [-0.25, -0.2) is 0 Å². The van der Waals surface area contributed by atoms with Gasteiger partial charge in [-0.05, 0) is 38.0 Å². The predicted molar refractivity (Wildman–Crippen MR) is 69.2 cm³/mol. The first kappa shape index (κ1) is 13.3. The molecule has 0 aliphatic rings. The zero-order valence-electron chi connectivity index (χ0n) is 10.2. The van der Waals surface area contributed by atoms with Gasteiger partial charge in [-0.1, -0.05) is 24.6 Å². The van der Waals surface area contributed by atoms with Gasteiger partial charge >= 0.3 is 0 Å². The average Bonchev–Trinajstić information content (AvgIpc) is 2.29. The van der Waals surface area contributed by atoms with Crippen LogP contribution in [-0.4, -0.2) is 12.6 Å². The van der Waals surface area contributed by atoms with Gasteiger partial charge in [0.05, 0.1) is 11.6 Å². The molecule has 16 heavy (non-hydrogen) atoms. The third-order valence-electron chi connectivity index (χ3n) is 2.56. The SMILES string of the molecule is CCOc1ccc(CNC(C)CC)cc1Cl. The number of benzene rings is 1. The van der Waals surface area contributed by atoms with Crippen LogP contribution in [0, 0.1) is 0 Å². The van der Waals surface area contributed by atoms with Crippen LogP contribution < -0.4 is 10.1 Å². The Kier molecular flexibility index (Phi) is 5.64. The Morgan fingerprint density at radius 2 is 2.12 bits per heavy atom. The van der Waals surface area contributed by atoms with Crippen molar-refractivity contribution < 1.29 is 4.74 Å². The van der Waals surface area contributed by atoms with Crippen LogP contribution in [0.1, 0.15) is 32.8 Å². The van der Waals surface area contributed by atoms with E-state index >= 15 is 0 Å². The van der Waals surface area contributed by atoms with Crippen molar-refractivity contribution in [2.45, 2.75) is 39.8 Å². The van der Waals surface area contributed by atoms with Crippen LogP contribution in [0.2, 0.25) is 5.02 Å². The number of ether oxygens (including phenoxy) is 1. The molecular formula is C13H20ClNO.